The SMILES string of the molecule is CCNC(Cc1cc(Br)ccc1F)C(C)(CC)OCC. The van der Waals surface area contributed by atoms with Crippen LogP contribution in [0, 0.1) is 5.82 Å². The van der Waals surface area contributed by atoms with E-state index in [4.69, 9.17) is 4.74 Å². The zero-order chi connectivity index (χ0) is 15.2. The van der Waals surface area contributed by atoms with Gasteiger partial charge < -0.3 is 10.1 Å². The van der Waals surface area contributed by atoms with Crippen LogP contribution in [0.1, 0.15) is 39.7 Å². The van der Waals surface area contributed by atoms with Crippen LogP contribution in [-0.4, -0.2) is 24.8 Å². The van der Waals surface area contributed by atoms with E-state index in [0.717, 1.165) is 17.4 Å². The van der Waals surface area contributed by atoms with Crippen LogP contribution in [-0.2, 0) is 11.2 Å². The van der Waals surface area contributed by atoms with Gasteiger partial charge in [-0.15, -0.1) is 0 Å². The predicted molar refractivity (Wildman–Crippen MR) is 85.6 cm³/mol. The molecule has 0 aromatic heterocycles. The first-order valence-corrected chi connectivity index (χ1v) is 8.07. The Labute approximate surface area is 130 Å². The monoisotopic (exact) mass is 345 g/mol. The van der Waals surface area contributed by atoms with Crippen LogP contribution in [0.15, 0.2) is 22.7 Å². The van der Waals surface area contributed by atoms with Crippen molar-refractivity contribution in [1.82, 2.24) is 5.32 Å². The maximum Gasteiger partial charge on any atom is 0.126 e. The highest BCUT2D eigenvalue weighted by atomic mass is 79.9. The standard InChI is InChI=1S/C16H25BrFNO/c1-5-16(4,20-7-3)15(19-6-2)11-12-10-13(17)8-9-14(12)18/h8-10,15,19H,5-7,11H2,1-4H3. The molecule has 0 aliphatic carbocycles. The molecule has 0 amide bonds. The molecule has 0 fully saturated rings. The summed E-state index contributed by atoms with van der Waals surface area (Å²) in [6.07, 6.45) is 1.50. The summed E-state index contributed by atoms with van der Waals surface area (Å²) in [5.74, 6) is -0.161. The summed E-state index contributed by atoms with van der Waals surface area (Å²) in [7, 11) is 0. The van der Waals surface area contributed by atoms with E-state index >= 15 is 0 Å². The molecule has 114 valence electrons. The van der Waals surface area contributed by atoms with Crippen LogP contribution in [0.2, 0.25) is 0 Å². The molecule has 1 aromatic carbocycles. The van der Waals surface area contributed by atoms with Gasteiger partial charge in [-0.25, -0.2) is 4.39 Å². The van der Waals surface area contributed by atoms with Gasteiger partial charge in [0.1, 0.15) is 5.82 Å². The van der Waals surface area contributed by atoms with Crippen molar-refractivity contribution >= 4 is 15.9 Å². The third kappa shape index (κ3) is 4.54. The molecule has 4 heteroatoms. The molecular weight excluding hydrogens is 321 g/mol. The van der Waals surface area contributed by atoms with Crippen molar-refractivity contribution in [3.05, 3.63) is 34.1 Å². The Balaban J connectivity index is 2.99. The van der Waals surface area contributed by atoms with E-state index in [2.05, 4.69) is 42.0 Å². The van der Waals surface area contributed by atoms with Gasteiger partial charge in [0.15, 0.2) is 0 Å². The van der Waals surface area contributed by atoms with Crippen molar-refractivity contribution in [2.24, 2.45) is 0 Å². The van der Waals surface area contributed by atoms with Gasteiger partial charge in [-0.2, -0.15) is 0 Å². The van der Waals surface area contributed by atoms with E-state index in [1.807, 2.05) is 13.0 Å². The van der Waals surface area contributed by atoms with E-state index in [0.29, 0.717) is 18.6 Å². The second-order valence-corrected chi connectivity index (χ2v) is 6.07. The highest BCUT2D eigenvalue weighted by Crippen LogP contribution is 2.25. The van der Waals surface area contributed by atoms with Crippen molar-refractivity contribution in [3.63, 3.8) is 0 Å². The highest BCUT2D eigenvalue weighted by Gasteiger charge is 2.33. The van der Waals surface area contributed by atoms with Gasteiger partial charge >= 0.3 is 0 Å². The number of ether oxygens (including phenoxy) is 1. The summed E-state index contributed by atoms with van der Waals surface area (Å²) in [4.78, 5) is 0. The molecule has 0 aliphatic heterocycles. The topological polar surface area (TPSA) is 21.3 Å². The fourth-order valence-corrected chi connectivity index (χ4v) is 2.86. The van der Waals surface area contributed by atoms with Crippen molar-refractivity contribution in [2.45, 2.75) is 52.2 Å². The number of nitrogens with one attached hydrogen (secondary N) is 1. The summed E-state index contributed by atoms with van der Waals surface area (Å²) in [5, 5.41) is 3.45. The minimum absolute atomic E-state index is 0.0845. The number of likely N-dealkylation sites (N-methyl/N-ethyl adjacent to an activating group) is 1. The second-order valence-electron chi connectivity index (χ2n) is 5.15. The highest BCUT2D eigenvalue weighted by molar-refractivity contribution is 9.10. The van der Waals surface area contributed by atoms with E-state index < -0.39 is 0 Å². The van der Waals surface area contributed by atoms with Gasteiger partial charge in [-0.3, -0.25) is 0 Å². The fourth-order valence-electron chi connectivity index (χ4n) is 2.45. The minimum atomic E-state index is -0.292. The largest absolute Gasteiger partial charge is 0.374 e. The Hall–Kier alpha value is -0.450. The van der Waals surface area contributed by atoms with E-state index in [-0.39, 0.29) is 17.5 Å². The van der Waals surface area contributed by atoms with Gasteiger partial charge in [0, 0.05) is 17.1 Å². The lowest BCUT2D eigenvalue weighted by Crippen LogP contribution is -2.51. The Bertz CT molecular complexity index is 427. The van der Waals surface area contributed by atoms with Gasteiger partial charge in [0.05, 0.1) is 5.60 Å². The lowest BCUT2D eigenvalue weighted by Gasteiger charge is -2.37. The van der Waals surface area contributed by atoms with Gasteiger partial charge in [-0.05, 0) is 57.0 Å². The third-order valence-electron chi connectivity index (χ3n) is 3.80. The van der Waals surface area contributed by atoms with Crippen LogP contribution in [0.25, 0.3) is 0 Å². The molecule has 0 heterocycles. The maximum atomic E-state index is 14.0. The number of benzene rings is 1. The van der Waals surface area contributed by atoms with Gasteiger partial charge in [0.25, 0.3) is 0 Å². The van der Waals surface area contributed by atoms with Crippen molar-refractivity contribution < 1.29 is 9.13 Å². The fraction of sp³-hybridized carbons (Fsp3) is 0.625. The molecule has 0 saturated carbocycles. The van der Waals surface area contributed by atoms with Crippen molar-refractivity contribution in [3.8, 4) is 0 Å². The zero-order valence-electron chi connectivity index (χ0n) is 12.8. The molecular formula is C16H25BrFNO. The van der Waals surface area contributed by atoms with Crippen LogP contribution in [0.5, 0.6) is 0 Å². The molecule has 0 bridgehead atoms. The van der Waals surface area contributed by atoms with Crippen molar-refractivity contribution in [2.75, 3.05) is 13.2 Å². The lowest BCUT2D eigenvalue weighted by atomic mass is 9.88. The maximum absolute atomic E-state index is 14.0. The molecule has 2 atom stereocenters. The van der Waals surface area contributed by atoms with Crippen LogP contribution in [0.3, 0.4) is 0 Å². The summed E-state index contributed by atoms with van der Waals surface area (Å²) < 4.78 is 20.8. The first-order valence-electron chi connectivity index (χ1n) is 7.28. The van der Waals surface area contributed by atoms with E-state index in [9.17, 15) is 4.39 Å². The van der Waals surface area contributed by atoms with Crippen LogP contribution in [0.4, 0.5) is 4.39 Å². The molecule has 1 aromatic rings. The molecule has 0 spiro atoms. The zero-order valence-corrected chi connectivity index (χ0v) is 14.4. The third-order valence-corrected chi connectivity index (χ3v) is 4.29. The summed E-state index contributed by atoms with van der Waals surface area (Å²) >= 11 is 3.41. The van der Waals surface area contributed by atoms with E-state index in [1.165, 1.54) is 6.07 Å². The summed E-state index contributed by atoms with van der Waals surface area (Å²) in [6, 6.07) is 5.16. The minimum Gasteiger partial charge on any atom is -0.374 e. The summed E-state index contributed by atoms with van der Waals surface area (Å²) in [6.45, 7) is 9.76. The molecule has 2 nitrogen and oxygen atoms in total. The Morgan fingerprint density at radius 3 is 2.60 bits per heavy atom. The van der Waals surface area contributed by atoms with Gasteiger partial charge in [0.2, 0.25) is 0 Å². The number of halogens is 2. The smallest absolute Gasteiger partial charge is 0.126 e. The molecule has 2 unspecified atom stereocenters. The van der Waals surface area contributed by atoms with Crippen molar-refractivity contribution in [1.29, 1.82) is 0 Å². The number of rotatable bonds is 8. The lowest BCUT2D eigenvalue weighted by molar-refractivity contribution is -0.0548. The number of hydrogen-bond acceptors (Lipinski definition) is 2. The molecule has 0 aliphatic rings. The Kier molecular flexibility index (Phi) is 7.13. The predicted octanol–water partition coefficient (Wildman–Crippen LogP) is 4.31. The first-order chi connectivity index (χ1) is 9.46. The first kappa shape index (κ1) is 17.6. The molecule has 0 saturated heterocycles. The number of hydrogen-bond donors (Lipinski definition) is 1. The molecule has 1 rings (SSSR count). The Morgan fingerprint density at radius 1 is 1.35 bits per heavy atom. The quantitative estimate of drug-likeness (QED) is 0.757. The average Bonchev–Trinajstić information content (AvgIpc) is 2.42. The molecule has 1 N–H and O–H groups in total. The van der Waals surface area contributed by atoms with Crippen LogP contribution < -0.4 is 5.32 Å². The summed E-state index contributed by atoms with van der Waals surface area (Å²) in [5.41, 5.74) is 0.421. The molecule has 20 heavy (non-hydrogen) atoms. The normalized spacial score (nSPS) is 15.9. The van der Waals surface area contributed by atoms with Crippen LogP contribution >= 0.6 is 15.9 Å². The second kappa shape index (κ2) is 8.11. The average molecular weight is 346 g/mol. The Morgan fingerprint density at radius 2 is 2.05 bits per heavy atom. The van der Waals surface area contributed by atoms with Gasteiger partial charge in [-0.1, -0.05) is 29.8 Å². The van der Waals surface area contributed by atoms with E-state index in [1.54, 1.807) is 6.07 Å². The molecule has 0 radical (unpaired) electrons.